The molecule has 6 rings (SSSR count). The van der Waals surface area contributed by atoms with Crippen LogP contribution in [0.4, 0.5) is 0 Å². The summed E-state index contributed by atoms with van der Waals surface area (Å²) in [6, 6.07) is 11.4. The van der Waals surface area contributed by atoms with Crippen molar-refractivity contribution in [2.45, 2.75) is 71.3 Å². The largest absolute Gasteiger partial charge is 0.507 e. The molecule has 1 aliphatic heterocycles. The number of furan rings is 1. The number of phenolic OH excluding ortho intramolecular Hbond substituents is 1. The van der Waals surface area contributed by atoms with Crippen LogP contribution in [0.1, 0.15) is 91.6 Å². The van der Waals surface area contributed by atoms with E-state index in [2.05, 4.69) is 9.88 Å². The number of hydrogen-bond acceptors (Lipinski definition) is 7. The summed E-state index contributed by atoms with van der Waals surface area (Å²) >= 11 is 0. The molecule has 7 heteroatoms. The van der Waals surface area contributed by atoms with Crippen LogP contribution in [-0.4, -0.2) is 47.3 Å². The van der Waals surface area contributed by atoms with Crippen LogP contribution in [-0.2, 0) is 4.74 Å². The van der Waals surface area contributed by atoms with Gasteiger partial charge >= 0.3 is 5.97 Å². The number of piperidine rings is 1. The van der Waals surface area contributed by atoms with Gasteiger partial charge in [-0.05, 0) is 70.2 Å². The van der Waals surface area contributed by atoms with E-state index in [1.807, 2.05) is 36.4 Å². The average molecular weight is 557 g/mol. The minimum Gasteiger partial charge on any atom is -0.507 e. The highest BCUT2D eigenvalue weighted by Crippen LogP contribution is 2.48. The number of carbonyl (C=O) groups is 1. The summed E-state index contributed by atoms with van der Waals surface area (Å²) in [4.78, 5) is 20.3. The fourth-order valence-electron chi connectivity index (χ4n) is 6.83. The van der Waals surface area contributed by atoms with Gasteiger partial charge in [-0.1, -0.05) is 49.9 Å². The van der Waals surface area contributed by atoms with Gasteiger partial charge in [-0.15, -0.1) is 0 Å². The van der Waals surface area contributed by atoms with Gasteiger partial charge < -0.3 is 19.0 Å². The Bertz CT molecular complexity index is 1530. The van der Waals surface area contributed by atoms with Crippen molar-refractivity contribution >= 4 is 27.7 Å². The number of esters is 1. The van der Waals surface area contributed by atoms with Crippen molar-refractivity contribution < 1.29 is 23.8 Å². The van der Waals surface area contributed by atoms with E-state index in [9.17, 15) is 9.90 Å². The Kier molecular flexibility index (Phi) is 8.15. The molecule has 1 N–H and O–H groups in total. The molecule has 0 bridgehead atoms. The highest BCUT2D eigenvalue weighted by molar-refractivity contribution is 6.16. The average Bonchev–Trinajstić information content (AvgIpc) is 3.36. The second kappa shape index (κ2) is 12.1. The number of rotatable bonds is 8. The van der Waals surface area contributed by atoms with E-state index < -0.39 is 5.97 Å². The third kappa shape index (κ3) is 5.40. The topological polar surface area (TPSA) is 85.0 Å². The number of benzene rings is 2. The Morgan fingerprint density at radius 3 is 2.56 bits per heavy atom. The molecule has 3 heterocycles. The van der Waals surface area contributed by atoms with Crippen molar-refractivity contribution in [3.8, 4) is 11.6 Å². The van der Waals surface area contributed by atoms with Gasteiger partial charge in [-0.2, -0.15) is 0 Å². The van der Waals surface area contributed by atoms with Gasteiger partial charge in [0.2, 0.25) is 5.88 Å². The minimum atomic E-state index is -0.441. The first-order valence-corrected chi connectivity index (χ1v) is 15.2. The first-order chi connectivity index (χ1) is 20.1. The zero-order valence-electron chi connectivity index (χ0n) is 24.2. The lowest BCUT2D eigenvalue weighted by Gasteiger charge is -2.36. The molecule has 0 radical (unpaired) electrons. The Labute approximate surface area is 241 Å². The molecular formula is C34H40N2O5. The maximum atomic E-state index is 13.4. The summed E-state index contributed by atoms with van der Waals surface area (Å²) in [7, 11) is 0. The molecule has 1 saturated carbocycles. The maximum Gasteiger partial charge on any atom is 0.342 e. The molecule has 1 atom stereocenters. The number of aryl methyl sites for hydroxylation is 1. The van der Waals surface area contributed by atoms with Gasteiger partial charge in [-0.25, -0.2) is 9.78 Å². The van der Waals surface area contributed by atoms with E-state index in [4.69, 9.17) is 13.9 Å². The van der Waals surface area contributed by atoms with Crippen LogP contribution in [0.5, 0.6) is 11.6 Å². The van der Waals surface area contributed by atoms with Gasteiger partial charge in [0.1, 0.15) is 22.7 Å². The van der Waals surface area contributed by atoms with Crippen LogP contribution in [0.3, 0.4) is 0 Å². The standard InChI is InChI=1S/C34H40N2O5/c1-3-39-34(38)28-22(2)41-33-26-15-9-8-14-25(26)32(37)30(29(28)33)31(36-18-10-5-11-19-36)24-16-17-35-27(20-24)40-21-23-12-6-4-7-13-23/h8-9,14-17,20,23,31,37H,3-7,10-13,18-19,21H2,1-2H3. The van der Waals surface area contributed by atoms with Crippen molar-refractivity contribution in [3.63, 3.8) is 0 Å². The molecule has 4 aromatic rings. The number of aromatic hydroxyl groups is 1. The van der Waals surface area contributed by atoms with Crippen molar-refractivity contribution in [3.05, 3.63) is 65.0 Å². The molecule has 1 unspecified atom stereocenters. The summed E-state index contributed by atoms with van der Waals surface area (Å²) in [5.74, 6) is 1.37. The molecular weight excluding hydrogens is 516 g/mol. The van der Waals surface area contributed by atoms with E-state index in [1.165, 1.54) is 38.5 Å². The molecule has 2 aromatic heterocycles. The van der Waals surface area contributed by atoms with Crippen LogP contribution < -0.4 is 4.74 Å². The summed E-state index contributed by atoms with van der Waals surface area (Å²) in [5, 5.41) is 14.1. The van der Waals surface area contributed by atoms with Crippen LogP contribution in [0, 0.1) is 12.8 Å². The number of aromatic nitrogens is 1. The first kappa shape index (κ1) is 27.6. The summed E-state index contributed by atoms with van der Waals surface area (Å²) in [6.07, 6.45) is 11.4. The Balaban J connectivity index is 1.53. The quantitative estimate of drug-likeness (QED) is 0.223. The third-order valence-electron chi connectivity index (χ3n) is 8.81. The fourth-order valence-corrected chi connectivity index (χ4v) is 6.83. The van der Waals surface area contributed by atoms with E-state index in [0.717, 1.165) is 36.9 Å². The Hall–Kier alpha value is -3.58. The predicted molar refractivity (Wildman–Crippen MR) is 160 cm³/mol. The first-order valence-electron chi connectivity index (χ1n) is 15.2. The van der Waals surface area contributed by atoms with Crippen LogP contribution in [0.15, 0.2) is 47.0 Å². The minimum absolute atomic E-state index is 0.163. The summed E-state index contributed by atoms with van der Waals surface area (Å²) in [6.45, 7) is 6.27. The van der Waals surface area contributed by atoms with Crippen molar-refractivity contribution in [1.82, 2.24) is 9.88 Å². The lowest BCUT2D eigenvalue weighted by atomic mass is 9.88. The Morgan fingerprint density at radius 1 is 1.07 bits per heavy atom. The normalized spacial score (nSPS) is 17.6. The monoisotopic (exact) mass is 556 g/mol. The van der Waals surface area contributed by atoms with Crippen LogP contribution in [0.2, 0.25) is 0 Å². The molecule has 216 valence electrons. The number of pyridine rings is 1. The number of carbonyl (C=O) groups excluding carboxylic acids is 1. The molecule has 7 nitrogen and oxygen atoms in total. The molecule has 41 heavy (non-hydrogen) atoms. The smallest absolute Gasteiger partial charge is 0.342 e. The van der Waals surface area contributed by atoms with Gasteiger partial charge in [0, 0.05) is 34.0 Å². The maximum absolute atomic E-state index is 13.4. The van der Waals surface area contributed by atoms with Crippen molar-refractivity contribution in [2.24, 2.45) is 5.92 Å². The SMILES string of the molecule is CCOC(=O)c1c(C)oc2c1c(C(c1ccnc(OCC3CCCCC3)c1)N1CCCCC1)c(O)c1ccccc12. The molecule has 0 spiro atoms. The molecule has 1 saturated heterocycles. The van der Waals surface area contributed by atoms with E-state index in [1.54, 1.807) is 20.0 Å². The van der Waals surface area contributed by atoms with Crippen LogP contribution in [0.25, 0.3) is 21.7 Å². The number of nitrogens with zero attached hydrogens (tertiary/aromatic N) is 2. The number of ether oxygens (including phenoxy) is 2. The molecule has 2 aromatic carbocycles. The molecule has 0 amide bonds. The van der Waals surface area contributed by atoms with E-state index in [-0.39, 0.29) is 18.4 Å². The van der Waals surface area contributed by atoms with Gasteiger partial charge in [0.05, 0.1) is 19.3 Å². The van der Waals surface area contributed by atoms with Crippen molar-refractivity contribution in [1.29, 1.82) is 0 Å². The highest BCUT2D eigenvalue weighted by Gasteiger charge is 2.34. The van der Waals surface area contributed by atoms with Gasteiger partial charge in [0.25, 0.3) is 0 Å². The number of likely N-dealkylation sites (tertiary alicyclic amines) is 1. The number of fused-ring (bicyclic) bond motifs is 3. The van der Waals surface area contributed by atoms with Crippen LogP contribution >= 0.6 is 0 Å². The lowest BCUT2D eigenvalue weighted by molar-refractivity contribution is 0.0526. The second-order valence-electron chi connectivity index (χ2n) is 11.5. The number of hydrogen-bond donors (Lipinski definition) is 1. The van der Waals surface area contributed by atoms with Gasteiger partial charge in [0.15, 0.2) is 0 Å². The zero-order valence-corrected chi connectivity index (χ0v) is 24.2. The zero-order chi connectivity index (χ0) is 28.3. The van der Waals surface area contributed by atoms with Crippen molar-refractivity contribution in [2.75, 3.05) is 26.3 Å². The molecule has 2 aliphatic rings. The summed E-state index contributed by atoms with van der Waals surface area (Å²) < 4.78 is 18.1. The molecule has 2 fully saturated rings. The summed E-state index contributed by atoms with van der Waals surface area (Å²) in [5.41, 5.74) is 2.62. The van der Waals surface area contributed by atoms with E-state index >= 15 is 0 Å². The number of phenols is 1. The molecule has 1 aliphatic carbocycles. The van der Waals surface area contributed by atoms with E-state index in [0.29, 0.717) is 51.6 Å². The lowest BCUT2D eigenvalue weighted by Crippen LogP contribution is -2.34. The van der Waals surface area contributed by atoms with Gasteiger partial charge in [-0.3, -0.25) is 4.90 Å². The predicted octanol–water partition coefficient (Wildman–Crippen LogP) is 7.71. The highest BCUT2D eigenvalue weighted by atomic mass is 16.5. The Morgan fingerprint density at radius 2 is 1.80 bits per heavy atom. The third-order valence-corrected chi connectivity index (χ3v) is 8.81. The fraction of sp³-hybridized carbons (Fsp3) is 0.471. The second-order valence-corrected chi connectivity index (χ2v) is 11.5.